The van der Waals surface area contributed by atoms with E-state index >= 15 is 0 Å². The molecule has 2 saturated heterocycles. The number of halogens is 1. The summed E-state index contributed by atoms with van der Waals surface area (Å²) in [7, 11) is 0. The van der Waals surface area contributed by atoms with Crippen LogP contribution in [-0.4, -0.2) is 55.2 Å². The van der Waals surface area contributed by atoms with E-state index in [9.17, 15) is 0 Å². The van der Waals surface area contributed by atoms with Gasteiger partial charge in [0, 0.05) is 32.4 Å². The van der Waals surface area contributed by atoms with Crippen molar-refractivity contribution in [3.05, 3.63) is 23.9 Å². The molecule has 0 saturated carbocycles. The molecule has 134 valence electrons. The van der Waals surface area contributed by atoms with E-state index in [-0.39, 0.29) is 24.0 Å². The summed E-state index contributed by atoms with van der Waals surface area (Å²) in [6.07, 6.45) is 7.14. The maximum atomic E-state index is 6.05. The largest absolute Gasteiger partial charge is 0.378 e. The number of hydrogen-bond donors (Lipinski definition) is 1. The first-order chi connectivity index (χ1) is 11.3. The Bertz CT molecular complexity index is 508. The van der Waals surface area contributed by atoms with Crippen LogP contribution in [0.5, 0.6) is 0 Å². The molecule has 1 aromatic rings. The molecule has 0 aliphatic carbocycles. The number of guanidine groups is 1. The summed E-state index contributed by atoms with van der Waals surface area (Å²) in [4.78, 5) is 13.6. The molecule has 3 heterocycles. The fourth-order valence-electron chi connectivity index (χ4n) is 3.06. The molecule has 0 atom stereocenters. The number of pyridine rings is 1. The van der Waals surface area contributed by atoms with Crippen LogP contribution >= 0.6 is 24.0 Å². The highest BCUT2D eigenvalue weighted by molar-refractivity contribution is 14.0. The van der Waals surface area contributed by atoms with Crippen LogP contribution in [0.3, 0.4) is 0 Å². The number of rotatable bonds is 3. The molecule has 0 spiro atoms. The Hall–Kier alpha value is -1.09. The Balaban J connectivity index is 0.00000208. The van der Waals surface area contributed by atoms with Gasteiger partial charge in [-0.1, -0.05) is 18.9 Å². The molecular formula is C17H28IN5O. The smallest absolute Gasteiger partial charge is 0.191 e. The minimum Gasteiger partial charge on any atom is -0.378 e. The minimum absolute atomic E-state index is 0. The van der Waals surface area contributed by atoms with Crippen molar-refractivity contribution < 1.29 is 4.74 Å². The maximum Gasteiger partial charge on any atom is 0.191 e. The van der Waals surface area contributed by atoms with Gasteiger partial charge in [0.15, 0.2) is 5.96 Å². The van der Waals surface area contributed by atoms with Gasteiger partial charge in [-0.05, 0) is 24.5 Å². The van der Waals surface area contributed by atoms with Crippen molar-refractivity contribution in [3.63, 3.8) is 0 Å². The summed E-state index contributed by atoms with van der Waals surface area (Å²) in [6, 6.07) is 4.23. The van der Waals surface area contributed by atoms with Crippen molar-refractivity contribution in [2.45, 2.75) is 32.2 Å². The second kappa shape index (κ2) is 10.0. The molecule has 7 heteroatoms. The van der Waals surface area contributed by atoms with E-state index in [4.69, 9.17) is 10.5 Å². The number of nitrogens with zero attached hydrogens (tertiary/aromatic N) is 4. The van der Waals surface area contributed by atoms with Gasteiger partial charge >= 0.3 is 0 Å². The number of nitrogens with two attached hydrogens (primary N) is 1. The molecule has 0 radical (unpaired) electrons. The van der Waals surface area contributed by atoms with Crippen molar-refractivity contribution >= 4 is 35.8 Å². The summed E-state index contributed by atoms with van der Waals surface area (Å²) in [5, 5.41) is 0. The molecule has 2 aliphatic heterocycles. The fraction of sp³-hybridized carbons (Fsp3) is 0.647. The molecule has 0 bridgehead atoms. The van der Waals surface area contributed by atoms with Crippen molar-refractivity contribution in [2.75, 3.05) is 44.3 Å². The van der Waals surface area contributed by atoms with Crippen LogP contribution in [0.1, 0.15) is 31.2 Å². The molecule has 2 N–H and O–H groups in total. The van der Waals surface area contributed by atoms with Gasteiger partial charge in [-0.25, -0.2) is 9.98 Å². The quantitative estimate of drug-likeness (QED) is 0.439. The van der Waals surface area contributed by atoms with Crippen LogP contribution in [0.2, 0.25) is 0 Å². The third kappa shape index (κ3) is 5.47. The zero-order chi connectivity index (χ0) is 15.9. The molecule has 0 unspecified atom stereocenters. The van der Waals surface area contributed by atoms with Crippen LogP contribution in [0, 0.1) is 0 Å². The van der Waals surface area contributed by atoms with E-state index in [1.54, 1.807) is 0 Å². The van der Waals surface area contributed by atoms with Gasteiger partial charge < -0.3 is 20.3 Å². The maximum absolute atomic E-state index is 6.05. The van der Waals surface area contributed by atoms with Crippen LogP contribution in [0.15, 0.2) is 23.3 Å². The Morgan fingerprint density at radius 3 is 2.42 bits per heavy atom. The van der Waals surface area contributed by atoms with E-state index in [1.165, 1.54) is 25.7 Å². The van der Waals surface area contributed by atoms with E-state index in [2.05, 4.69) is 31.9 Å². The Morgan fingerprint density at radius 2 is 1.79 bits per heavy atom. The summed E-state index contributed by atoms with van der Waals surface area (Å²) in [6.45, 7) is 5.91. The average molecular weight is 445 g/mol. The van der Waals surface area contributed by atoms with Gasteiger partial charge in [0.1, 0.15) is 5.82 Å². The second-order valence-corrected chi connectivity index (χ2v) is 6.20. The Kier molecular flexibility index (Phi) is 8.04. The summed E-state index contributed by atoms with van der Waals surface area (Å²) in [5.41, 5.74) is 7.15. The topological polar surface area (TPSA) is 67.0 Å². The zero-order valence-corrected chi connectivity index (χ0v) is 16.5. The fourth-order valence-corrected chi connectivity index (χ4v) is 3.06. The van der Waals surface area contributed by atoms with Crippen LogP contribution in [0.4, 0.5) is 5.82 Å². The first kappa shape index (κ1) is 19.2. The van der Waals surface area contributed by atoms with Gasteiger partial charge in [-0.15, -0.1) is 24.0 Å². The molecule has 2 fully saturated rings. The normalized spacial score (nSPS) is 19.6. The Morgan fingerprint density at radius 1 is 1.08 bits per heavy atom. The molecule has 2 aliphatic rings. The van der Waals surface area contributed by atoms with Crippen molar-refractivity contribution in [3.8, 4) is 0 Å². The summed E-state index contributed by atoms with van der Waals surface area (Å²) >= 11 is 0. The van der Waals surface area contributed by atoms with Gasteiger partial charge in [-0.2, -0.15) is 0 Å². The predicted octanol–water partition coefficient (Wildman–Crippen LogP) is 2.23. The number of hydrogen-bond acceptors (Lipinski definition) is 4. The third-order valence-corrected chi connectivity index (χ3v) is 4.50. The van der Waals surface area contributed by atoms with Crippen LogP contribution < -0.4 is 10.6 Å². The van der Waals surface area contributed by atoms with E-state index in [0.29, 0.717) is 12.5 Å². The van der Waals surface area contributed by atoms with Gasteiger partial charge in [0.2, 0.25) is 0 Å². The van der Waals surface area contributed by atoms with E-state index < -0.39 is 0 Å². The SMILES string of the molecule is I.NC(=NCc1ccc(N2CCCCCC2)nc1)N1CCOCC1. The molecule has 1 aromatic heterocycles. The monoisotopic (exact) mass is 445 g/mol. The van der Waals surface area contributed by atoms with Gasteiger partial charge in [0.25, 0.3) is 0 Å². The van der Waals surface area contributed by atoms with E-state index in [1.807, 2.05) is 6.20 Å². The lowest BCUT2D eigenvalue weighted by Crippen LogP contribution is -2.44. The molecule has 3 rings (SSSR count). The van der Waals surface area contributed by atoms with Crippen LogP contribution in [-0.2, 0) is 11.3 Å². The lowest BCUT2D eigenvalue weighted by atomic mass is 10.2. The molecule has 0 aromatic carbocycles. The number of aliphatic imine (C=N–C) groups is 1. The van der Waals surface area contributed by atoms with Crippen LogP contribution in [0.25, 0.3) is 0 Å². The molecule has 6 nitrogen and oxygen atoms in total. The average Bonchev–Trinajstić information content (AvgIpc) is 2.90. The first-order valence-corrected chi connectivity index (χ1v) is 8.65. The number of aromatic nitrogens is 1. The molecule has 24 heavy (non-hydrogen) atoms. The highest BCUT2D eigenvalue weighted by Gasteiger charge is 2.13. The summed E-state index contributed by atoms with van der Waals surface area (Å²) in [5.74, 6) is 1.69. The van der Waals surface area contributed by atoms with Crippen molar-refractivity contribution in [1.82, 2.24) is 9.88 Å². The predicted molar refractivity (Wildman–Crippen MR) is 108 cm³/mol. The highest BCUT2D eigenvalue weighted by atomic mass is 127. The lowest BCUT2D eigenvalue weighted by Gasteiger charge is -2.27. The van der Waals surface area contributed by atoms with Crippen molar-refractivity contribution in [1.29, 1.82) is 0 Å². The summed E-state index contributed by atoms with van der Waals surface area (Å²) < 4.78 is 5.33. The highest BCUT2D eigenvalue weighted by Crippen LogP contribution is 2.17. The number of morpholine rings is 1. The molecular weight excluding hydrogens is 417 g/mol. The number of ether oxygens (including phenoxy) is 1. The minimum atomic E-state index is 0. The van der Waals surface area contributed by atoms with Gasteiger partial charge in [0.05, 0.1) is 19.8 Å². The lowest BCUT2D eigenvalue weighted by molar-refractivity contribution is 0.0674. The third-order valence-electron chi connectivity index (χ3n) is 4.50. The Labute approximate surface area is 161 Å². The first-order valence-electron chi connectivity index (χ1n) is 8.65. The van der Waals surface area contributed by atoms with Crippen molar-refractivity contribution in [2.24, 2.45) is 10.7 Å². The molecule has 0 amide bonds. The van der Waals surface area contributed by atoms with E-state index in [0.717, 1.165) is 50.8 Å². The second-order valence-electron chi connectivity index (χ2n) is 6.20. The van der Waals surface area contributed by atoms with Gasteiger partial charge in [-0.3, -0.25) is 0 Å². The zero-order valence-electron chi connectivity index (χ0n) is 14.2. The standard InChI is InChI=1S/C17H27N5O.HI/c18-17(22-9-11-23-12-10-22)20-14-15-5-6-16(19-13-15)21-7-3-1-2-4-8-21;/h5-6,13H,1-4,7-12,14H2,(H2,18,20);1H. The number of anilines is 1.